The molecule has 0 radical (unpaired) electrons. The van der Waals surface area contributed by atoms with E-state index < -0.39 is 0 Å². The fourth-order valence-corrected chi connectivity index (χ4v) is 4.75. The number of benzene rings is 1. The molecule has 2 aliphatic rings. The molecule has 1 atom stereocenters. The maximum atomic E-state index is 5.28. The zero-order chi connectivity index (χ0) is 17.1. The molecule has 0 aliphatic carbocycles. The van der Waals surface area contributed by atoms with Crippen molar-refractivity contribution in [2.45, 2.75) is 25.8 Å². The van der Waals surface area contributed by atoms with E-state index in [9.17, 15) is 0 Å². The van der Waals surface area contributed by atoms with Crippen molar-refractivity contribution in [3.8, 4) is 0 Å². The highest BCUT2D eigenvalue weighted by molar-refractivity contribution is 5.81. The van der Waals surface area contributed by atoms with Crippen LogP contribution in [0.3, 0.4) is 0 Å². The number of aromatic nitrogens is 1. The lowest BCUT2D eigenvalue weighted by Gasteiger charge is -2.40. The Labute approximate surface area is 150 Å². The van der Waals surface area contributed by atoms with Crippen LogP contribution in [0.2, 0.25) is 0 Å². The topological polar surface area (TPSA) is 28.6 Å². The van der Waals surface area contributed by atoms with Crippen LogP contribution < -0.4 is 0 Å². The molecule has 25 heavy (non-hydrogen) atoms. The molecule has 1 aromatic carbocycles. The van der Waals surface area contributed by atoms with E-state index in [1.807, 2.05) is 12.3 Å². The average Bonchev–Trinajstić information content (AvgIpc) is 3.02. The molecule has 0 saturated carbocycles. The Kier molecular flexibility index (Phi) is 5.02. The normalized spacial score (nSPS) is 25.2. The number of methoxy groups -OCH3 is 1. The van der Waals surface area contributed by atoms with E-state index in [-0.39, 0.29) is 0 Å². The monoisotopic (exact) mass is 339 g/mol. The van der Waals surface area contributed by atoms with Gasteiger partial charge in [-0.15, -0.1) is 0 Å². The molecule has 4 nitrogen and oxygen atoms in total. The zero-order valence-electron chi connectivity index (χ0n) is 15.3. The van der Waals surface area contributed by atoms with Crippen molar-refractivity contribution in [1.82, 2.24) is 14.8 Å². The molecule has 4 heteroatoms. The molecule has 1 aromatic heterocycles. The van der Waals surface area contributed by atoms with Crippen molar-refractivity contribution in [2.75, 3.05) is 46.4 Å². The summed E-state index contributed by atoms with van der Waals surface area (Å²) in [7, 11) is 1.80. The van der Waals surface area contributed by atoms with Crippen LogP contribution in [0.15, 0.2) is 36.5 Å². The molecule has 1 spiro atoms. The molecular formula is C21H29N3O. The van der Waals surface area contributed by atoms with Gasteiger partial charge in [0.1, 0.15) is 0 Å². The molecule has 2 aliphatic heterocycles. The van der Waals surface area contributed by atoms with Crippen LogP contribution in [0.1, 0.15) is 24.8 Å². The first kappa shape index (κ1) is 17.0. The Morgan fingerprint density at radius 2 is 1.96 bits per heavy atom. The van der Waals surface area contributed by atoms with Crippen LogP contribution >= 0.6 is 0 Å². The van der Waals surface area contributed by atoms with Gasteiger partial charge in [-0.05, 0) is 49.4 Å². The predicted octanol–water partition coefficient (Wildman–Crippen LogP) is 3.17. The van der Waals surface area contributed by atoms with E-state index in [1.54, 1.807) is 7.11 Å². The number of hydrogen-bond acceptors (Lipinski definition) is 4. The van der Waals surface area contributed by atoms with Crippen molar-refractivity contribution in [3.05, 3.63) is 42.1 Å². The number of piperidine rings is 1. The fraction of sp³-hybridized carbons (Fsp3) is 0.571. The molecular weight excluding hydrogens is 310 g/mol. The molecule has 2 fully saturated rings. The number of pyridine rings is 1. The van der Waals surface area contributed by atoms with Gasteiger partial charge in [-0.3, -0.25) is 9.88 Å². The van der Waals surface area contributed by atoms with E-state index in [0.29, 0.717) is 5.41 Å². The van der Waals surface area contributed by atoms with Crippen LogP contribution in [-0.4, -0.2) is 61.2 Å². The second-order valence-electron chi connectivity index (χ2n) is 7.83. The van der Waals surface area contributed by atoms with Gasteiger partial charge in [0.25, 0.3) is 0 Å². The molecule has 134 valence electrons. The Bertz CT molecular complexity index is 714. The second-order valence-corrected chi connectivity index (χ2v) is 7.83. The lowest BCUT2D eigenvalue weighted by atomic mass is 9.79. The molecule has 0 N–H and O–H groups in total. The zero-order valence-corrected chi connectivity index (χ0v) is 15.3. The molecule has 0 amide bonds. The summed E-state index contributed by atoms with van der Waals surface area (Å²) < 4.78 is 5.28. The van der Waals surface area contributed by atoms with E-state index in [0.717, 1.165) is 25.2 Å². The first-order chi connectivity index (χ1) is 12.3. The van der Waals surface area contributed by atoms with Gasteiger partial charge in [0.2, 0.25) is 0 Å². The Balaban J connectivity index is 1.43. The Morgan fingerprint density at radius 3 is 2.88 bits per heavy atom. The maximum absolute atomic E-state index is 5.28. The lowest BCUT2D eigenvalue weighted by Crippen LogP contribution is -2.45. The number of likely N-dealkylation sites (tertiary alicyclic amines) is 2. The van der Waals surface area contributed by atoms with Crippen LogP contribution in [0.5, 0.6) is 0 Å². The van der Waals surface area contributed by atoms with Gasteiger partial charge >= 0.3 is 0 Å². The van der Waals surface area contributed by atoms with E-state index in [2.05, 4.69) is 39.0 Å². The number of nitrogens with zero attached hydrogens (tertiary/aromatic N) is 3. The Hall–Kier alpha value is -1.49. The summed E-state index contributed by atoms with van der Waals surface area (Å²) in [5.74, 6) is 0. The number of fused-ring (bicyclic) bond motifs is 1. The molecule has 3 heterocycles. The van der Waals surface area contributed by atoms with Crippen LogP contribution in [-0.2, 0) is 11.3 Å². The van der Waals surface area contributed by atoms with Crippen LogP contribution in [0, 0.1) is 5.41 Å². The quantitative estimate of drug-likeness (QED) is 0.837. The van der Waals surface area contributed by atoms with Crippen molar-refractivity contribution in [1.29, 1.82) is 0 Å². The largest absolute Gasteiger partial charge is 0.383 e. The summed E-state index contributed by atoms with van der Waals surface area (Å²) >= 11 is 0. The first-order valence-electron chi connectivity index (χ1n) is 9.54. The van der Waals surface area contributed by atoms with Crippen molar-refractivity contribution < 1.29 is 4.74 Å². The number of ether oxygens (including phenoxy) is 1. The van der Waals surface area contributed by atoms with Gasteiger partial charge < -0.3 is 9.64 Å². The minimum Gasteiger partial charge on any atom is -0.383 e. The summed E-state index contributed by atoms with van der Waals surface area (Å²) in [4.78, 5) is 9.87. The maximum Gasteiger partial charge on any atom is 0.0746 e. The molecule has 2 saturated heterocycles. The van der Waals surface area contributed by atoms with Crippen molar-refractivity contribution in [2.24, 2.45) is 5.41 Å². The van der Waals surface area contributed by atoms with Crippen molar-refractivity contribution in [3.63, 3.8) is 0 Å². The van der Waals surface area contributed by atoms with Crippen LogP contribution in [0.25, 0.3) is 10.9 Å². The highest BCUT2D eigenvalue weighted by Gasteiger charge is 2.41. The summed E-state index contributed by atoms with van der Waals surface area (Å²) in [6.07, 6.45) is 5.94. The van der Waals surface area contributed by atoms with Gasteiger partial charge in [0, 0.05) is 44.9 Å². The standard InChI is InChI=1S/C21H29N3O/c1-25-14-13-23-11-4-8-21(16-23)9-12-24(17-21)15-19-6-2-5-18-7-3-10-22-20(18)19/h2-3,5-7,10H,4,8-9,11-17H2,1H3/t21-/m0/s1. The third-order valence-electron chi connectivity index (χ3n) is 5.98. The van der Waals surface area contributed by atoms with E-state index in [1.165, 1.54) is 56.4 Å². The van der Waals surface area contributed by atoms with Gasteiger partial charge in [-0.1, -0.05) is 24.3 Å². The number of hydrogen-bond donors (Lipinski definition) is 0. The van der Waals surface area contributed by atoms with Crippen molar-refractivity contribution >= 4 is 10.9 Å². The van der Waals surface area contributed by atoms with Gasteiger partial charge in [0.05, 0.1) is 12.1 Å². The summed E-state index contributed by atoms with van der Waals surface area (Å²) in [5.41, 5.74) is 3.02. The average molecular weight is 339 g/mol. The van der Waals surface area contributed by atoms with Gasteiger partial charge in [-0.25, -0.2) is 0 Å². The first-order valence-corrected chi connectivity index (χ1v) is 9.54. The molecule has 0 bridgehead atoms. The lowest BCUT2D eigenvalue weighted by molar-refractivity contribution is 0.0674. The highest BCUT2D eigenvalue weighted by Crippen LogP contribution is 2.39. The molecule has 4 rings (SSSR count). The Morgan fingerprint density at radius 1 is 1.08 bits per heavy atom. The fourth-order valence-electron chi connectivity index (χ4n) is 4.75. The smallest absolute Gasteiger partial charge is 0.0746 e. The predicted molar refractivity (Wildman–Crippen MR) is 102 cm³/mol. The summed E-state index contributed by atoms with van der Waals surface area (Å²) in [6.45, 7) is 7.85. The number of para-hydroxylation sites is 1. The third-order valence-corrected chi connectivity index (χ3v) is 5.98. The van der Waals surface area contributed by atoms with Gasteiger partial charge in [0.15, 0.2) is 0 Å². The van der Waals surface area contributed by atoms with Crippen LogP contribution in [0.4, 0.5) is 0 Å². The summed E-state index contributed by atoms with van der Waals surface area (Å²) in [6, 6.07) is 10.7. The molecule has 2 aromatic rings. The summed E-state index contributed by atoms with van der Waals surface area (Å²) in [5, 5.41) is 1.25. The third kappa shape index (κ3) is 3.71. The van der Waals surface area contributed by atoms with Gasteiger partial charge in [-0.2, -0.15) is 0 Å². The van der Waals surface area contributed by atoms with E-state index >= 15 is 0 Å². The number of rotatable bonds is 5. The van der Waals surface area contributed by atoms with E-state index in [4.69, 9.17) is 4.74 Å². The minimum absolute atomic E-state index is 0.490. The second kappa shape index (κ2) is 7.40. The molecule has 0 unspecified atom stereocenters. The minimum atomic E-state index is 0.490. The highest BCUT2D eigenvalue weighted by atomic mass is 16.5. The SMILES string of the molecule is COCCN1CCC[C@]2(CCN(Cc3cccc4cccnc34)C2)C1.